The Morgan fingerprint density at radius 3 is 2.71 bits per heavy atom. The third-order valence-electron chi connectivity index (χ3n) is 4.26. The molecule has 0 atom stereocenters. The summed E-state index contributed by atoms with van der Waals surface area (Å²) in [4.78, 5) is 7.50. The van der Waals surface area contributed by atoms with Crippen molar-refractivity contribution in [3.8, 4) is 6.07 Å². The first-order valence-electron chi connectivity index (χ1n) is 7.88. The minimum absolute atomic E-state index is 0.683. The highest BCUT2D eigenvalue weighted by Gasteiger charge is 2.11. The van der Waals surface area contributed by atoms with Gasteiger partial charge in [-0.15, -0.1) is 0 Å². The molecule has 0 radical (unpaired) electrons. The Bertz CT molecular complexity index is 1020. The Hall–Kier alpha value is -3.32. The number of fused-ring (bicyclic) bond motifs is 1. The molecule has 0 bridgehead atoms. The average Bonchev–Trinajstić information content (AvgIpc) is 3.25. The normalized spacial score (nSPS) is 10.8. The Balaban J connectivity index is 1.77. The van der Waals surface area contributed by atoms with E-state index in [0.29, 0.717) is 6.54 Å². The molecule has 0 aliphatic heterocycles. The highest BCUT2D eigenvalue weighted by atomic mass is 15.0. The smallest absolute Gasteiger partial charge is 0.110 e. The Morgan fingerprint density at radius 2 is 1.88 bits per heavy atom. The second kappa shape index (κ2) is 6.05. The van der Waals surface area contributed by atoms with Crippen LogP contribution in [0.25, 0.3) is 10.9 Å². The van der Waals surface area contributed by atoms with E-state index < -0.39 is 0 Å². The molecule has 0 spiro atoms. The third-order valence-corrected chi connectivity index (χ3v) is 4.26. The number of imidazole rings is 1. The van der Waals surface area contributed by atoms with E-state index in [4.69, 9.17) is 0 Å². The molecule has 4 nitrogen and oxygen atoms in total. The van der Waals surface area contributed by atoms with Crippen LogP contribution in [0.1, 0.15) is 22.5 Å². The van der Waals surface area contributed by atoms with Crippen LogP contribution < -0.4 is 0 Å². The largest absolute Gasteiger partial charge is 0.348 e. The molecule has 116 valence electrons. The minimum atomic E-state index is 0.683. The molecule has 2 aromatic carbocycles. The number of benzene rings is 2. The first-order valence-corrected chi connectivity index (χ1v) is 7.88. The van der Waals surface area contributed by atoms with Crippen LogP contribution in [0.2, 0.25) is 0 Å². The predicted molar refractivity (Wildman–Crippen MR) is 93.6 cm³/mol. The number of H-pyrrole nitrogens is 1. The summed E-state index contributed by atoms with van der Waals surface area (Å²) in [5.74, 6) is 0.954. The zero-order valence-electron chi connectivity index (χ0n) is 13.1. The van der Waals surface area contributed by atoms with Crippen molar-refractivity contribution in [1.82, 2.24) is 14.5 Å². The van der Waals surface area contributed by atoms with Crippen molar-refractivity contribution in [3.05, 3.63) is 89.6 Å². The van der Waals surface area contributed by atoms with Crippen LogP contribution in [0, 0.1) is 11.3 Å². The van der Waals surface area contributed by atoms with Crippen LogP contribution in [0.3, 0.4) is 0 Å². The molecule has 0 aliphatic carbocycles. The van der Waals surface area contributed by atoms with E-state index in [0.717, 1.165) is 23.4 Å². The van der Waals surface area contributed by atoms with Crippen molar-refractivity contribution in [3.63, 3.8) is 0 Å². The van der Waals surface area contributed by atoms with Crippen molar-refractivity contribution in [1.29, 1.82) is 5.26 Å². The number of aromatic nitrogens is 3. The van der Waals surface area contributed by atoms with Gasteiger partial charge in [-0.3, -0.25) is 0 Å². The van der Waals surface area contributed by atoms with Crippen LogP contribution >= 0.6 is 0 Å². The van der Waals surface area contributed by atoms with Crippen LogP contribution in [0.5, 0.6) is 0 Å². The van der Waals surface area contributed by atoms with E-state index in [-0.39, 0.29) is 0 Å². The molecule has 0 saturated carbocycles. The van der Waals surface area contributed by atoms with Gasteiger partial charge < -0.3 is 9.55 Å². The zero-order chi connectivity index (χ0) is 16.4. The summed E-state index contributed by atoms with van der Waals surface area (Å²) >= 11 is 0. The number of aromatic amines is 1. The lowest BCUT2D eigenvalue weighted by atomic mass is 10.1. The average molecular weight is 312 g/mol. The SMILES string of the molecule is N#Cc1ccccc1Cn1cc(Cc2ncc[nH]2)c2ccccc21. The highest BCUT2D eigenvalue weighted by molar-refractivity contribution is 5.84. The van der Waals surface area contributed by atoms with Crippen molar-refractivity contribution < 1.29 is 0 Å². The Morgan fingerprint density at radius 1 is 1.04 bits per heavy atom. The van der Waals surface area contributed by atoms with Gasteiger partial charge in [0.25, 0.3) is 0 Å². The summed E-state index contributed by atoms with van der Waals surface area (Å²) in [6.45, 7) is 0.683. The van der Waals surface area contributed by atoms with Gasteiger partial charge in [0.15, 0.2) is 0 Å². The van der Waals surface area contributed by atoms with Gasteiger partial charge in [-0.05, 0) is 23.3 Å². The minimum Gasteiger partial charge on any atom is -0.348 e. The maximum absolute atomic E-state index is 9.31. The summed E-state index contributed by atoms with van der Waals surface area (Å²) in [6.07, 6.45) is 6.55. The lowest BCUT2D eigenvalue weighted by Crippen LogP contribution is -2.00. The molecule has 2 aromatic heterocycles. The Labute approximate surface area is 140 Å². The van der Waals surface area contributed by atoms with Crippen LogP contribution in [-0.4, -0.2) is 14.5 Å². The number of nitriles is 1. The molecule has 0 aliphatic rings. The maximum Gasteiger partial charge on any atom is 0.110 e. The fraction of sp³-hybridized carbons (Fsp3) is 0.100. The van der Waals surface area contributed by atoms with Crippen LogP contribution in [-0.2, 0) is 13.0 Å². The number of para-hydroxylation sites is 1. The second-order valence-corrected chi connectivity index (χ2v) is 5.78. The lowest BCUT2D eigenvalue weighted by Gasteiger charge is -2.07. The van der Waals surface area contributed by atoms with E-state index >= 15 is 0 Å². The first kappa shape index (κ1) is 14.3. The molecule has 4 heteroatoms. The summed E-state index contributed by atoms with van der Waals surface area (Å²) in [5, 5.41) is 10.5. The van der Waals surface area contributed by atoms with E-state index in [9.17, 15) is 5.26 Å². The van der Waals surface area contributed by atoms with E-state index in [1.165, 1.54) is 16.5 Å². The third kappa shape index (κ3) is 2.57. The van der Waals surface area contributed by atoms with Gasteiger partial charge in [0.2, 0.25) is 0 Å². The quantitative estimate of drug-likeness (QED) is 0.622. The van der Waals surface area contributed by atoms with Crippen LogP contribution in [0.4, 0.5) is 0 Å². The lowest BCUT2D eigenvalue weighted by molar-refractivity contribution is 0.828. The second-order valence-electron chi connectivity index (χ2n) is 5.78. The summed E-state index contributed by atoms with van der Waals surface area (Å²) in [6, 6.07) is 18.4. The molecule has 0 unspecified atom stereocenters. The van der Waals surface area contributed by atoms with Gasteiger partial charge in [0, 0.05) is 42.5 Å². The van der Waals surface area contributed by atoms with Gasteiger partial charge in [-0.2, -0.15) is 5.26 Å². The molecule has 0 fully saturated rings. The number of rotatable bonds is 4. The zero-order valence-corrected chi connectivity index (χ0v) is 13.1. The van der Waals surface area contributed by atoms with E-state index in [1.54, 1.807) is 6.20 Å². The fourth-order valence-electron chi connectivity index (χ4n) is 3.12. The molecule has 1 N–H and O–H groups in total. The summed E-state index contributed by atoms with van der Waals surface area (Å²) < 4.78 is 2.21. The molecule has 2 heterocycles. The summed E-state index contributed by atoms with van der Waals surface area (Å²) in [7, 11) is 0. The van der Waals surface area contributed by atoms with Gasteiger partial charge in [0.1, 0.15) is 5.82 Å². The van der Waals surface area contributed by atoms with E-state index in [2.05, 4.69) is 45.0 Å². The molecular formula is C20H16N4. The molecule has 0 amide bonds. The Kier molecular flexibility index (Phi) is 3.60. The molecule has 24 heavy (non-hydrogen) atoms. The van der Waals surface area contributed by atoms with Crippen LogP contribution in [0.15, 0.2) is 67.1 Å². The molecule has 0 saturated heterocycles. The van der Waals surface area contributed by atoms with Gasteiger partial charge >= 0.3 is 0 Å². The van der Waals surface area contributed by atoms with Gasteiger partial charge in [0.05, 0.1) is 11.6 Å². The standard InChI is InChI=1S/C20H16N4/c21-12-15-5-1-2-6-16(15)13-24-14-17(11-20-22-9-10-23-20)18-7-3-4-8-19(18)24/h1-10,14H,11,13H2,(H,22,23). The monoisotopic (exact) mass is 312 g/mol. The first-order chi connectivity index (χ1) is 11.8. The topological polar surface area (TPSA) is 57.4 Å². The predicted octanol–water partition coefficient (Wildman–Crippen LogP) is 3.88. The molecular weight excluding hydrogens is 296 g/mol. The number of nitrogens with zero attached hydrogens (tertiary/aromatic N) is 3. The van der Waals surface area contributed by atoms with Crippen molar-refractivity contribution >= 4 is 10.9 Å². The van der Waals surface area contributed by atoms with Crippen molar-refractivity contribution in [2.45, 2.75) is 13.0 Å². The molecule has 4 aromatic rings. The van der Waals surface area contributed by atoms with Gasteiger partial charge in [-0.25, -0.2) is 4.98 Å². The maximum atomic E-state index is 9.31. The number of hydrogen-bond acceptors (Lipinski definition) is 2. The van der Waals surface area contributed by atoms with Gasteiger partial charge in [-0.1, -0.05) is 36.4 Å². The van der Waals surface area contributed by atoms with E-state index in [1.807, 2.05) is 36.5 Å². The molecule has 4 rings (SSSR count). The summed E-state index contributed by atoms with van der Waals surface area (Å²) in [5.41, 5.74) is 4.16. The van der Waals surface area contributed by atoms with Crippen molar-refractivity contribution in [2.24, 2.45) is 0 Å². The highest BCUT2D eigenvalue weighted by Crippen LogP contribution is 2.24. The number of hydrogen-bond donors (Lipinski definition) is 1. The fourth-order valence-corrected chi connectivity index (χ4v) is 3.12. The number of nitrogens with one attached hydrogen (secondary N) is 1. The van der Waals surface area contributed by atoms with Crippen molar-refractivity contribution in [2.75, 3.05) is 0 Å².